The molecule has 1 fully saturated rings. The number of rotatable bonds is 4. The molecule has 1 aromatic rings. The first-order valence-electron chi connectivity index (χ1n) is 6.77. The lowest BCUT2D eigenvalue weighted by molar-refractivity contribution is 0.109. The van der Waals surface area contributed by atoms with Crippen molar-refractivity contribution in [2.45, 2.75) is 55.7 Å². The zero-order valence-corrected chi connectivity index (χ0v) is 12.0. The number of benzene rings is 1. The van der Waals surface area contributed by atoms with Gasteiger partial charge in [0.25, 0.3) is 0 Å². The van der Waals surface area contributed by atoms with Crippen molar-refractivity contribution in [3.63, 3.8) is 0 Å². The summed E-state index contributed by atoms with van der Waals surface area (Å²) in [5.74, 6) is 0. The van der Waals surface area contributed by atoms with Gasteiger partial charge in [-0.05, 0) is 56.6 Å². The molecule has 18 heavy (non-hydrogen) atoms. The van der Waals surface area contributed by atoms with Crippen molar-refractivity contribution in [1.29, 1.82) is 0 Å². The van der Waals surface area contributed by atoms with E-state index in [2.05, 4.69) is 42.8 Å². The third kappa shape index (κ3) is 3.74. The van der Waals surface area contributed by atoms with Gasteiger partial charge in [0.2, 0.25) is 0 Å². The first kappa shape index (κ1) is 13.9. The first-order valence-corrected chi connectivity index (χ1v) is 7.99. The second-order valence-corrected chi connectivity index (χ2v) is 6.06. The van der Waals surface area contributed by atoms with Crippen LogP contribution in [0.5, 0.6) is 0 Å². The van der Waals surface area contributed by atoms with Gasteiger partial charge in [-0.15, -0.1) is 11.8 Å². The standard InChI is InChI=1S/C15H23NOS/c1-11(12-6-8-15(18-2)9-7-12)16-13-4-3-5-14(17)10-13/h6-9,11,13-14,16-17H,3-5,10H2,1-2H3. The van der Waals surface area contributed by atoms with E-state index in [0.717, 1.165) is 19.3 Å². The lowest BCUT2D eigenvalue weighted by Gasteiger charge is -2.29. The zero-order valence-electron chi connectivity index (χ0n) is 11.2. The van der Waals surface area contributed by atoms with Crippen molar-refractivity contribution in [3.8, 4) is 0 Å². The third-order valence-corrected chi connectivity index (χ3v) is 4.49. The van der Waals surface area contributed by atoms with E-state index in [1.165, 1.54) is 16.9 Å². The van der Waals surface area contributed by atoms with E-state index in [1.54, 1.807) is 11.8 Å². The van der Waals surface area contributed by atoms with Crippen molar-refractivity contribution < 1.29 is 5.11 Å². The summed E-state index contributed by atoms with van der Waals surface area (Å²) in [7, 11) is 0. The Bertz CT molecular complexity index is 365. The van der Waals surface area contributed by atoms with Gasteiger partial charge < -0.3 is 10.4 Å². The molecule has 1 aromatic carbocycles. The summed E-state index contributed by atoms with van der Waals surface area (Å²) in [6.07, 6.45) is 6.17. The summed E-state index contributed by atoms with van der Waals surface area (Å²) in [5.41, 5.74) is 1.33. The Kier molecular flexibility index (Phi) is 5.10. The summed E-state index contributed by atoms with van der Waals surface area (Å²) in [6.45, 7) is 2.20. The fourth-order valence-corrected chi connectivity index (χ4v) is 3.07. The van der Waals surface area contributed by atoms with Crippen molar-refractivity contribution in [2.24, 2.45) is 0 Å². The molecule has 0 radical (unpaired) electrons. The van der Waals surface area contributed by atoms with Crippen molar-refractivity contribution in [2.75, 3.05) is 6.26 Å². The molecule has 0 heterocycles. The first-order chi connectivity index (χ1) is 8.69. The minimum Gasteiger partial charge on any atom is -0.393 e. The highest BCUT2D eigenvalue weighted by Gasteiger charge is 2.21. The topological polar surface area (TPSA) is 32.3 Å². The molecule has 100 valence electrons. The second-order valence-electron chi connectivity index (χ2n) is 5.18. The molecule has 3 heteroatoms. The van der Waals surface area contributed by atoms with Gasteiger partial charge in [-0.1, -0.05) is 12.1 Å². The highest BCUT2D eigenvalue weighted by atomic mass is 32.2. The molecule has 2 N–H and O–H groups in total. The minimum absolute atomic E-state index is 0.109. The van der Waals surface area contributed by atoms with E-state index in [4.69, 9.17) is 0 Å². The maximum absolute atomic E-state index is 9.69. The Morgan fingerprint density at radius 1 is 1.28 bits per heavy atom. The van der Waals surface area contributed by atoms with E-state index < -0.39 is 0 Å². The highest BCUT2D eigenvalue weighted by Crippen LogP contribution is 2.23. The van der Waals surface area contributed by atoms with Crippen molar-refractivity contribution >= 4 is 11.8 Å². The quantitative estimate of drug-likeness (QED) is 0.819. The fourth-order valence-electron chi connectivity index (χ4n) is 2.66. The van der Waals surface area contributed by atoms with Crippen LogP contribution in [0, 0.1) is 0 Å². The SMILES string of the molecule is CSc1ccc(C(C)NC2CCCC(O)C2)cc1. The summed E-state index contributed by atoms with van der Waals surface area (Å²) >= 11 is 1.77. The molecular formula is C15H23NOS. The van der Waals surface area contributed by atoms with E-state index in [9.17, 15) is 5.11 Å². The maximum Gasteiger partial charge on any atom is 0.0555 e. The average molecular weight is 265 g/mol. The van der Waals surface area contributed by atoms with Crippen LogP contribution in [0.1, 0.15) is 44.2 Å². The largest absolute Gasteiger partial charge is 0.393 e. The van der Waals surface area contributed by atoms with Gasteiger partial charge in [0.1, 0.15) is 0 Å². The monoisotopic (exact) mass is 265 g/mol. The summed E-state index contributed by atoms with van der Waals surface area (Å²) in [6, 6.07) is 9.56. The second kappa shape index (κ2) is 6.60. The van der Waals surface area contributed by atoms with Crippen molar-refractivity contribution in [1.82, 2.24) is 5.32 Å². The molecule has 1 aliphatic carbocycles. The van der Waals surface area contributed by atoms with Crippen LogP contribution in [0.25, 0.3) is 0 Å². The lowest BCUT2D eigenvalue weighted by atomic mass is 9.92. The molecule has 2 nitrogen and oxygen atoms in total. The molecule has 0 aliphatic heterocycles. The van der Waals surface area contributed by atoms with Gasteiger partial charge in [0, 0.05) is 17.0 Å². The van der Waals surface area contributed by atoms with E-state index in [1.807, 2.05) is 0 Å². The van der Waals surface area contributed by atoms with Gasteiger partial charge in [0.15, 0.2) is 0 Å². The average Bonchev–Trinajstić information content (AvgIpc) is 2.39. The fraction of sp³-hybridized carbons (Fsp3) is 0.600. The van der Waals surface area contributed by atoms with E-state index in [-0.39, 0.29) is 6.10 Å². The predicted octanol–water partition coefficient (Wildman–Crippen LogP) is 3.36. The molecule has 0 saturated heterocycles. The van der Waals surface area contributed by atoms with Gasteiger partial charge in [0.05, 0.1) is 6.10 Å². The van der Waals surface area contributed by atoms with Crippen LogP contribution in [0.2, 0.25) is 0 Å². The molecule has 0 aromatic heterocycles. The molecule has 3 unspecified atom stereocenters. The van der Waals surface area contributed by atoms with E-state index >= 15 is 0 Å². The lowest BCUT2D eigenvalue weighted by Crippen LogP contribution is -2.37. The van der Waals surface area contributed by atoms with E-state index in [0.29, 0.717) is 12.1 Å². The zero-order chi connectivity index (χ0) is 13.0. The van der Waals surface area contributed by atoms with Crippen LogP contribution in [0.4, 0.5) is 0 Å². The molecular weight excluding hydrogens is 242 g/mol. The number of nitrogens with one attached hydrogen (secondary N) is 1. The minimum atomic E-state index is -0.109. The summed E-state index contributed by atoms with van der Waals surface area (Å²) in [4.78, 5) is 1.30. The van der Waals surface area contributed by atoms with Gasteiger partial charge in [-0.2, -0.15) is 0 Å². The number of thioether (sulfide) groups is 1. The van der Waals surface area contributed by atoms with Gasteiger partial charge >= 0.3 is 0 Å². The Morgan fingerprint density at radius 3 is 2.61 bits per heavy atom. The molecule has 2 rings (SSSR count). The van der Waals surface area contributed by atoms with Crippen LogP contribution in [0.15, 0.2) is 29.2 Å². The number of hydrogen-bond donors (Lipinski definition) is 2. The number of aliphatic hydroxyl groups is 1. The van der Waals surface area contributed by atoms with Crippen LogP contribution in [-0.4, -0.2) is 23.5 Å². The molecule has 1 saturated carbocycles. The summed E-state index contributed by atoms with van der Waals surface area (Å²) < 4.78 is 0. The number of aliphatic hydroxyl groups excluding tert-OH is 1. The summed E-state index contributed by atoms with van der Waals surface area (Å²) in [5, 5.41) is 13.3. The van der Waals surface area contributed by atoms with Crippen LogP contribution in [-0.2, 0) is 0 Å². The maximum atomic E-state index is 9.69. The number of hydrogen-bond acceptors (Lipinski definition) is 3. The normalized spacial score (nSPS) is 25.9. The molecule has 0 bridgehead atoms. The molecule has 0 amide bonds. The Morgan fingerprint density at radius 2 is 2.00 bits per heavy atom. The molecule has 1 aliphatic rings. The van der Waals surface area contributed by atoms with Gasteiger partial charge in [-0.3, -0.25) is 0 Å². The Labute approximate surface area is 114 Å². The molecule has 0 spiro atoms. The van der Waals surface area contributed by atoms with Crippen LogP contribution in [0.3, 0.4) is 0 Å². The Balaban J connectivity index is 1.91. The smallest absolute Gasteiger partial charge is 0.0555 e. The highest BCUT2D eigenvalue weighted by molar-refractivity contribution is 7.98. The predicted molar refractivity (Wildman–Crippen MR) is 78.0 cm³/mol. The van der Waals surface area contributed by atoms with Gasteiger partial charge in [-0.25, -0.2) is 0 Å². The Hall–Kier alpha value is -0.510. The van der Waals surface area contributed by atoms with Crippen LogP contribution >= 0.6 is 11.8 Å². The van der Waals surface area contributed by atoms with Crippen LogP contribution < -0.4 is 5.32 Å². The van der Waals surface area contributed by atoms with Crippen molar-refractivity contribution in [3.05, 3.63) is 29.8 Å². The third-order valence-electron chi connectivity index (χ3n) is 3.75. The molecule has 3 atom stereocenters.